The van der Waals surface area contributed by atoms with E-state index < -0.39 is 11.9 Å². The molecule has 0 bridgehead atoms. The van der Waals surface area contributed by atoms with E-state index in [4.69, 9.17) is 5.11 Å². The summed E-state index contributed by atoms with van der Waals surface area (Å²) >= 11 is 0. The van der Waals surface area contributed by atoms with E-state index in [1.807, 2.05) is 25.1 Å². The highest BCUT2D eigenvalue weighted by Gasteiger charge is 2.12. The first-order chi connectivity index (χ1) is 8.56. The highest BCUT2D eigenvalue weighted by molar-refractivity contribution is 5.95. The maximum absolute atomic E-state index is 11.9. The molecule has 0 aliphatic heterocycles. The normalized spacial score (nSPS) is 11.9. The van der Waals surface area contributed by atoms with E-state index in [0.29, 0.717) is 18.5 Å². The summed E-state index contributed by atoms with van der Waals surface area (Å²) in [5.74, 6) is -1.41. The lowest BCUT2D eigenvalue weighted by molar-refractivity contribution is -0.141. The van der Waals surface area contributed by atoms with Gasteiger partial charge in [0, 0.05) is 12.1 Å². The van der Waals surface area contributed by atoms with Crippen LogP contribution in [0.15, 0.2) is 24.3 Å². The summed E-state index contributed by atoms with van der Waals surface area (Å²) in [4.78, 5) is 22.5. The van der Waals surface area contributed by atoms with Crippen LogP contribution in [0, 0.1) is 5.92 Å². The molecular formula is C14H19NO3. The molecule has 18 heavy (non-hydrogen) atoms. The van der Waals surface area contributed by atoms with Gasteiger partial charge in [0.2, 0.25) is 0 Å². The molecule has 0 fully saturated rings. The molecule has 0 aliphatic carbocycles. The Balaban J connectivity index is 2.53. The standard InChI is InChI=1S/C14H19NO3/c1-3-11-6-4-5-7-12(11)13(16)15-9-8-10(2)14(17)18/h4-7,10H,3,8-9H2,1-2H3,(H,15,16)(H,17,18). The lowest BCUT2D eigenvalue weighted by atomic mass is 10.0. The number of carboxylic acid groups (broad SMARTS) is 1. The summed E-state index contributed by atoms with van der Waals surface area (Å²) < 4.78 is 0. The molecule has 0 saturated carbocycles. The van der Waals surface area contributed by atoms with Crippen LogP contribution in [0.5, 0.6) is 0 Å². The average Bonchev–Trinajstić information content (AvgIpc) is 2.38. The minimum atomic E-state index is -0.835. The van der Waals surface area contributed by atoms with E-state index in [0.717, 1.165) is 12.0 Å². The number of amides is 1. The molecule has 1 unspecified atom stereocenters. The first-order valence-electron chi connectivity index (χ1n) is 6.15. The first-order valence-corrected chi connectivity index (χ1v) is 6.15. The third-order valence-electron chi connectivity index (χ3n) is 2.93. The van der Waals surface area contributed by atoms with Gasteiger partial charge in [0.1, 0.15) is 0 Å². The Bertz CT molecular complexity index is 429. The van der Waals surface area contributed by atoms with Crippen molar-refractivity contribution in [2.45, 2.75) is 26.7 Å². The molecule has 2 N–H and O–H groups in total. The van der Waals surface area contributed by atoms with Gasteiger partial charge in [-0.2, -0.15) is 0 Å². The maximum atomic E-state index is 11.9. The van der Waals surface area contributed by atoms with Crippen LogP contribution in [0.2, 0.25) is 0 Å². The van der Waals surface area contributed by atoms with E-state index >= 15 is 0 Å². The van der Waals surface area contributed by atoms with Crippen LogP contribution in [0.4, 0.5) is 0 Å². The smallest absolute Gasteiger partial charge is 0.306 e. The summed E-state index contributed by atoms with van der Waals surface area (Å²) in [5.41, 5.74) is 1.67. The lowest BCUT2D eigenvalue weighted by Crippen LogP contribution is -2.27. The number of hydrogen-bond donors (Lipinski definition) is 2. The average molecular weight is 249 g/mol. The zero-order chi connectivity index (χ0) is 13.5. The number of carbonyl (C=O) groups excluding carboxylic acids is 1. The zero-order valence-electron chi connectivity index (χ0n) is 10.8. The molecule has 1 rings (SSSR count). The lowest BCUT2D eigenvalue weighted by Gasteiger charge is -2.10. The molecule has 1 aromatic carbocycles. The molecule has 0 aliphatic rings. The Kier molecular flexibility index (Phi) is 5.36. The Morgan fingerprint density at radius 3 is 2.61 bits per heavy atom. The monoisotopic (exact) mass is 249 g/mol. The van der Waals surface area contributed by atoms with Crippen LogP contribution in [-0.4, -0.2) is 23.5 Å². The second-order valence-corrected chi connectivity index (χ2v) is 4.29. The molecule has 1 amide bonds. The Morgan fingerprint density at radius 1 is 1.33 bits per heavy atom. The highest BCUT2D eigenvalue weighted by Crippen LogP contribution is 2.09. The van der Waals surface area contributed by atoms with E-state index in [9.17, 15) is 9.59 Å². The third-order valence-corrected chi connectivity index (χ3v) is 2.93. The first kappa shape index (κ1) is 14.2. The largest absolute Gasteiger partial charge is 0.481 e. The Labute approximate surface area is 107 Å². The molecule has 0 saturated heterocycles. The van der Waals surface area contributed by atoms with E-state index in [1.54, 1.807) is 13.0 Å². The molecule has 4 heteroatoms. The Hall–Kier alpha value is -1.84. The van der Waals surface area contributed by atoms with E-state index in [-0.39, 0.29) is 5.91 Å². The fourth-order valence-electron chi connectivity index (χ4n) is 1.67. The number of aryl methyl sites for hydroxylation is 1. The van der Waals surface area contributed by atoms with Crippen LogP contribution in [-0.2, 0) is 11.2 Å². The number of aliphatic carboxylic acids is 1. The van der Waals surface area contributed by atoms with Crippen molar-refractivity contribution in [1.82, 2.24) is 5.32 Å². The molecule has 1 atom stereocenters. The maximum Gasteiger partial charge on any atom is 0.306 e. The number of hydrogen-bond acceptors (Lipinski definition) is 2. The predicted octanol–water partition coefficient (Wildman–Crippen LogP) is 2.09. The van der Waals surface area contributed by atoms with Gasteiger partial charge in [0.25, 0.3) is 5.91 Å². The minimum absolute atomic E-state index is 0.134. The molecule has 98 valence electrons. The summed E-state index contributed by atoms with van der Waals surface area (Å²) in [7, 11) is 0. The molecule has 4 nitrogen and oxygen atoms in total. The van der Waals surface area contributed by atoms with Crippen molar-refractivity contribution in [2.75, 3.05) is 6.54 Å². The quantitative estimate of drug-likeness (QED) is 0.811. The number of carbonyl (C=O) groups is 2. The number of rotatable bonds is 6. The van der Waals surface area contributed by atoms with E-state index in [1.165, 1.54) is 0 Å². The highest BCUT2D eigenvalue weighted by atomic mass is 16.4. The van der Waals surface area contributed by atoms with Crippen LogP contribution >= 0.6 is 0 Å². The second kappa shape index (κ2) is 6.79. The van der Waals surface area contributed by atoms with Crippen molar-refractivity contribution in [2.24, 2.45) is 5.92 Å². The third kappa shape index (κ3) is 3.87. The van der Waals surface area contributed by atoms with Crippen molar-refractivity contribution >= 4 is 11.9 Å². The van der Waals surface area contributed by atoms with Gasteiger partial charge in [-0.25, -0.2) is 0 Å². The summed E-state index contributed by atoms with van der Waals surface area (Å²) in [6.45, 7) is 4.01. The zero-order valence-corrected chi connectivity index (χ0v) is 10.8. The van der Waals surface area contributed by atoms with Crippen molar-refractivity contribution in [3.63, 3.8) is 0 Å². The molecule has 0 spiro atoms. The van der Waals surface area contributed by atoms with Gasteiger partial charge in [-0.05, 0) is 24.5 Å². The van der Waals surface area contributed by atoms with Gasteiger partial charge in [-0.3, -0.25) is 9.59 Å². The van der Waals surface area contributed by atoms with Gasteiger partial charge in [0.05, 0.1) is 5.92 Å². The van der Waals surface area contributed by atoms with Crippen LogP contribution < -0.4 is 5.32 Å². The van der Waals surface area contributed by atoms with E-state index in [2.05, 4.69) is 5.32 Å². The van der Waals surface area contributed by atoms with Gasteiger partial charge in [-0.15, -0.1) is 0 Å². The minimum Gasteiger partial charge on any atom is -0.481 e. The fourth-order valence-corrected chi connectivity index (χ4v) is 1.67. The van der Waals surface area contributed by atoms with Crippen molar-refractivity contribution in [3.05, 3.63) is 35.4 Å². The predicted molar refractivity (Wildman–Crippen MR) is 69.6 cm³/mol. The summed E-state index contributed by atoms with van der Waals surface area (Å²) in [6, 6.07) is 7.44. The van der Waals surface area contributed by atoms with Gasteiger partial charge < -0.3 is 10.4 Å². The number of nitrogens with one attached hydrogen (secondary N) is 1. The topological polar surface area (TPSA) is 66.4 Å². The van der Waals surface area contributed by atoms with Gasteiger partial charge in [-0.1, -0.05) is 32.0 Å². The van der Waals surface area contributed by atoms with Crippen LogP contribution in [0.3, 0.4) is 0 Å². The molecule has 0 radical (unpaired) electrons. The van der Waals surface area contributed by atoms with Crippen molar-refractivity contribution in [1.29, 1.82) is 0 Å². The van der Waals surface area contributed by atoms with Crippen LogP contribution in [0.1, 0.15) is 36.2 Å². The number of benzene rings is 1. The second-order valence-electron chi connectivity index (χ2n) is 4.29. The number of carboxylic acids is 1. The molecular weight excluding hydrogens is 230 g/mol. The summed E-state index contributed by atoms with van der Waals surface area (Å²) in [6.07, 6.45) is 1.24. The van der Waals surface area contributed by atoms with Gasteiger partial charge >= 0.3 is 5.97 Å². The fraction of sp³-hybridized carbons (Fsp3) is 0.429. The van der Waals surface area contributed by atoms with Gasteiger partial charge in [0.15, 0.2) is 0 Å². The molecule has 1 aromatic rings. The Morgan fingerprint density at radius 2 is 2.00 bits per heavy atom. The van der Waals surface area contributed by atoms with Crippen molar-refractivity contribution < 1.29 is 14.7 Å². The molecule has 0 aromatic heterocycles. The van der Waals surface area contributed by atoms with Crippen molar-refractivity contribution in [3.8, 4) is 0 Å². The summed E-state index contributed by atoms with van der Waals surface area (Å²) in [5, 5.41) is 11.5. The molecule has 0 heterocycles. The van der Waals surface area contributed by atoms with Crippen LogP contribution in [0.25, 0.3) is 0 Å². The SMILES string of the molecule is CCc1ccccc1C(=O)NCCC(C)C(=O)O.